The lowest BCUT2D eigenvalue weighted by molar-refractivity contribution is -0.345. The number of imidazole rings is 2. The van der Waals surface area contributed by atoms with Gasteiger partial charge in [-0.2, -0.15) is 0 Å². The Labute approximate surface area is 384 Å². The topological polar surface area (TPSA) is 485 Å². The molecule has 0 saturated heterocycles. The molecule has 2 aliphatic heterocycles. The molecule has 370 valence electrons. The van der Waals surface area contributed by atoms with Crippen LogP contribution < -0.4 is 72.3 Å². The van der Waals surface area contributed by atoms with E-state index in [2.05, 4.69) is 104 Å². The van der Waals surface area contributed by atoms with Gasteiger partial charge in [0.05, 0.1) is 107 Å². The normalized spacial score (nSPS) is 11.9. The van der Waals surface area contributed by atoms with Crippen LogP contribution in [-0.2, 0) is 47.9 Å². The van der Waals surface area contributed by atoms with Gasteiger partial charge < -0.3 is 129 Å². The number of carbonyl (C=O) groups excluding carboxylic acids is 10. The summed E-state index contributed by atoms with van der Waals surface area (Å²) in [6.07, 6.45) is 11.6. The van der Waals surface area contributed by atoms with Crippen LogP contribution in [0.15, 0.2) is 73.8 Å². The van der Waals surface area contributed by atoms with Gasteiger partial charge in [-0.25, -0.2) is 9.97 Å². The molecule has 4 aromatic rings. The minimum absolute atomic E-state index is 0.330. The molecule has 2 atom stereocenters. The molecular weight excluding hydrogens is 912 g/mol. The zero-order valence-electron chi connectivity index (χ0n) is 36.0. The Balaban J connectivity index is 0.000000844. The van der Waals surface area contributed by atoms with Crippen LogP contribution in [0.5, 0.6) is 0 Å². The van der Waals surface area contributed by atoms with E-state index in [1.165, 1.54) is 33.9 Å². The molecule has 2 aromatic carbocycles. The molecule has 68 heavy (non-hydrogen) atoms. The fraction of sp³-hybridized carbons (Fsp3) is 0.300. The maximum atomic E-state index is 8.93. The summed E-state index contributed by atoms with van der Waals surface area (Å²) in [6.45, 7) is 12.9. The van der Waals surface area contributed by atoms with Crippen LogP contribution in [0, 0.1) is 11.8 Å². The molecule has 28 heteroatoms. The Hall–Kier alpha value is -9.24. The summed E-state index contributed by atoms with van der Waals surface area (Å²) < 4.78 is 4.37. The molecule has 0 aliphatic carbocycles. The Kier molecular flexibility index (Phi) is 25.9. The summed E-state index contributed by atoms with van der Waals surface area (Å²) in [7, 11) is 0. The highest BCUT2D eigenvalue weighted by atomic mass is 16.5. The number of carbonyl (C=O) groups is 10. The van der Waals surface area contributed by atoms with E-state index in [1.807, 2.05) is 37.4 Å². The second kappa shape index (κ2) is 30.0. The van der Waals surface area contributed by atoms with Gasteiger partial charge in [0.25, 0.3) is 0 Å². The van der Waals surface area contributed by atoms with E-state index in [0.717, 1.165) is 26.2 Å². The zero-order valence-corrected chi connectivity index (χ0v) is 36.0. The molecule has 4 heterocycles. The molecular formula is C40H40N8O20-10. The lowest BCUT2D eigenvalue weighted by Crippen LogP contribution is -2.42. The van der Waals surface area contributed by atoms with Crippen LogP contribution in [0.4, 0.5) is 22.7 Å². The first-order valence-electron chi connectivity index (χ1n) is 19.0. The molecule has 0 spiro atoms. The molecule has 0 radical (unpaired) electrons. The maximum Gasteiger partial charge on any atom is 0.0951 e. The average Bonchev–Trinajstić information content (AvgIpc) is 4.01. The molecule has 2 unspecified atom stereocenters. The molecule has 0 amide bonds. The van der Waals surface area contributed by atoms with E-state index in [4.69, 9.17) is 99.0 Å². The summed E-state index contributed by atoms with van der Waals surface area (Å²) >= 11 is 0. The molecule has 0 saturated carbocycles. The highest BCUT2D eigenvalue weighted by molar-refractivity contribution is 6.26. The molecule has 0 bridgehead atoms. The quantitative estimate of drug-likeness (QED) is 0.130. The smallest absolute Gasteiger partial charge is 0.0951 e. The predicted molar refractivity (Wildman–Crippen MR) is 207 cm³/mol. The van der Waals surface area contributed by atoms with Crippen LogP contribution in [-0.4, -0.2) is 105 Å². The number of fused-ring (bicyclic) bond motifs is 2. The molecule has 28 nitrogen and oxygen atoms in total. The second-order valence-electron chi connectivity index (χ2n) is 13.6. The van der Waals surface area contributed by atoms with E-state index < -0.39 is 59.7 Å². The third-order valence-electron chi connectivity index (χ3n) is 8.07. The number of aliphatic carboxylic acids is 10. The SMILES string of the molecule is CC(C)C(c1ccc2c(c1)NCCN2)n1ccnc1.CC(C)C(c1ccc2c(c1)NCCN2)n1ccnc1.O=C([O-])C(=O)[O-].O=C([O-])C(=O)[O-].O=C([O-])C(=O)[O-].O=C([O-])C(=O)[O-].O=C([O-])C(=O)[O-]. The fourth-order valence-electron chi connectivity index (χ4n) is 5.55. The van der Waals surface area contributed by atoms with Crippen molar-refractivity contribution in [2.45, 2.75) is 39.8 Å². The lowest BCUT2D eigenvalue weighted by atomic mass is 9.95. The number of hydrogen-bond acceptors (Lipinski definition) is 26. The largest absolute Gasteiger partial charge is 0.543 e. The fourth-order valence-corrected chi connectivity index (χ4v) is 5.55. The number of benzene rings is 2. The van der Waals surface area contributed by atoms with Gasteiger partial charge in [-0.15, -0.1) is 0 Å². The summed E-state index contributed by atoms with van der Waals surface area (Å²) in [5.41, 5.74) is 7.45. The minimum Gasteiger partial charge on any atom is -0.543 e. The van der Waals surface area contributed by atoms with Gasteiger partial charge in [-0.05, 0) is 47.2 Å². The molecule has 6 rings (SSSR count). The molecule has 0 fully saturated rings. The monoisotopic (exact) mass is 952 g/mol. The molecule has 4 N–H and O–H groups in total. The van der Waals surface area contributed by atoms with Crippen molar-refractivity contribution in [3.8, 4) is 0 Å². The van der Waals surface area contributed by atoms with E-state index in [1.54, 1.807) is 0 Å². The average molecular weight is 953 g/mol. The first-order chi connectivity index (χ1) is 31.7. The second-order valence-corrected chi connectivity index (χ2v) is 13.6. The van der Waals surface area contributed by atoms with Gasteiger partial charge in [-0.1, -0.05) is 39.8 Å². The van der Waals surface area contributed by atoms with Crippen molar-refractivity contribution in [3.05, 3.63) is 85.0 Å². The Morgan fingerprint density at radius 1 is 0.412 bits per heavy atom. The van der Waals surface area contributed by atoms with Crippen molar-refractivity contribution in [2.75, 3.05) is 47.4 Å². The van der Waals surface area contributed by atoms with Crippen LogP contribution in [0.25, 0.3) is 0 Å². The Morgan fingerprint density at radius 3 is 0.838 bits per heavy atom. The Bertz CT molecular complexity index is 2030. The van der Waals surface area contributed by atoms with Gasteiger partial charge in [-0.3, -0.25) is 0 Å². The van der Waals surface area contributed by atoms with Crippen molar-refractivity contribution < 1.29 is 99.0 Å². The third kappa shape index (κ3) is 22.4. The van der Waals surface area contributed by atoms with E-state index in [-0.39, 0.29) is 0 Å². The van der Waals surface area contributed by atoms with Gasteiger partial charge in [0.15, 0.2) is 0 Å². The number of hydrogen-bond donors (Lipinski definition) is 4. The van der Waals surface area contributed by atoms with Crippen LogP contribution in [0.1, 0.15) is 50.9 Å². The van der Waals surface area contributed by atoms with E-state index >= 15 is 0 Å². The first kappa shape index (κ1) is 58.8. The number of carboxylic acids is 10. The van der Waals surface area contributed by atoms with Crippen LogP contribution in [0.2, 0.25) is 0 Å². The summed E-state index contributed by atoms with van der Waals surface area (Å²) in [5.74, 6) is -20.8. The standard InChI is InChI=1S/2C15H20N4.5C2H2O4/c2*1-11(2)15(19-8-7-16-10-19)12-3-4-13-14(9-12)18-6-5-17-13;5*3-1(4)2(5)6/h2*3-4,7-11,15,17-18H,5-6H2,1-2H3;5*(H,3,4)(H,5,6)/p-10. The van der Waals surface area contributed by atoms with Crippen molar-refractivity contribution in [1.29, 1.82) is 0 Å². The van der Waals surface area contributed by atoms with Crippen molar-refractivity contribution in [3.63, 3.8) is 0 Å². The predicted octanol–water partition coefficient (Wildman–Crippen LogP) is -11.6. The number of anilines is 4. The van der Waals surface area contributed by atoms with Crippen LogP contribution >= 0.6 is 0 Å². The highest BCUT2D eigenvalue weighted by Crippen LogP contribution is 2.34. The van der Waals surface area contributed by atoms with Gasteiger partial charge in [0, 0.05) is 51.0 Å². The number of aromatic nitrogens is 4. The number of rotatable bonds is 6. The van der Waals surface area contributed by atoms with Crippen molar-refractivity contribution in [2.24, 2.45) is 11.8 Å². The summed E-state index contributed by atoms with van der Waals surface area (Å²) in [5, 5.41) is 103. The summed E-state index contributed by atoms with van der Waals surface area (Å²) in [6, 6.07) is 13.9. The van der Waals surface area contributed by atoms with Gasteiger partial charge in [0.2, 0.25) is 0 Å². The summed E-state index contributed by atoms with van der Waals surface area (Å²) in [4.78, 5) is 97.6. The third-order valence-corrected chi connectivity index (χ3v) is 8.07. The maximum absolute atomic E-state index is 8.93. The Morgan fingerprint density at radius 2 is 0.647 bits per heavy atom. The van der Waals surface area contributed by atoms with Crippen LogP contribution in [0.3, 0.4) is 0 Å². The van der Waals surface area contributed by atoms with Gasteiger partial charge >= 0.3 is 0 Å². The van der Waals surface area contributed by atoms with Crippen molar-refractivity contribution >= 4 is 82.4 Å². The van der Waals surface area contributed by atoms with Crippen molar-refractivity contribution in [1.82, 2.24) is 19.1 Å². The van der Waals surface area contributed by atoms with E-state index in [0.29, 0.717) is 23.9 Å². The highest BCUT2D eigenvalue weighted by Gasteiger charge is 2.21. The molecule has 2 aromatic heterocycles. The lowest BCUT2D eigenvalue weighted by Gasteiger charge is -2.26. The zero-order chi connectivity index (χ0) is 52.3. The minimum atomic E-state index is -2.19. The molecule has 2 aliphatic rings. The first-order valence-corrected chi connectivity index (χ1v) is 19.0. The number of carboxylic acid groups (broad SMARTS) is 10. The van der Waals surface area contributed by atoms with Gasteiger partial charge in [0.1, 0.15) is 0 Å². The van der Waals surface area contributed by atoms with E-state index in [9.17, 15) is 0 Å². The number of nitrogens with one attached hydrogen (secondary N) is 4. The number of nitrogens with zero attached hydrogens (tertiary/aromatic N) is 4.